The maximum atomic E-state index is 10.6. The molecule has 0 saturated carbocycles. The summed E-state index contributed by atoms with van der Waals surface area (Å²) < 4.78 is 9.47. The highest BCUT2D eigenvalue weighted by atomic mass is 16.6. The van der Waals surface area contributed by atoms with E-state index in [4.69, 9.17) is 9.47 Å². The Balaban J connectivity index is 3.50. The minimum absolute atomic E-state index is 0.131. The van der Waals surface area contributed by atoms with Crippen LogP contribution >= 0.6 is 0 Å². The van der Waals surface area contributed by atoms with Crippen LogP contribution in [0.2, 0.25) is 0 Å². The molecular weight excluding hydrogens is 160 g/mol. The summed E-state index contributed by atoms with van der Waals surface area (Å²) in [6, 6.07) is 0. The van der Waals surface area contributed by atoms with Crippen LogP contribution in [0.4, 0.5) is 0 Å². The van der Waals surface area contributed by atoms with Gasteiger partial charge in [0, 0.05) is 13.3 Å². The van der Waals surface area contributed by atoms with Gasteiger partial charge in [-0.3, -0.25) is 9.59 Å². The highest BCUT2D eigenvalue weighted by molar-refractivity contribution is 5.69. The average Bonchev–Trinajstić information content (AvgIpc) is 1.99. The summed E-state index contributed by atoms with van der Waals surface area (Å²) in [5, 5.41) is 0. The van der Waals surface area contributed by atoms with E-state index in [1.165, 1.54) is 6.92 Å². The van der Waals surface area contributed by atoms with Gasteiger partial charge in [0.25, 0.3) is 0 Å². The van der Waals surface area contributed by atoms with Crippen molar-refractivity contribution in [3.63, 3.8) is 0 Å². The number of hydrogen-bond donors (Lipinski definition) is 0. The van der Waals surface area contributed by atoms with E-state index in [-0.39, 0.29) is 24.6 Å². The van der Waals surface area contributed by atoms with Gasteiger partial charge in [0.1, 0.15) is 12.7 Å². The van der Waals surface area contributed by atoms with Gasteiger partial charge in [0.15, 0.2) is 0 Å². The molecule has 0 aliphatic carbocycles. The van der Waals surface area contributed by atoms with Gasteiger partial charge in [-0.1, -0.05) is 6.92 Å². The van der Waals surface area contributed by atoms with Crippen molar-refractivity contribution in [2.45, 2.75) is 33.3 Å². The van der Waals surface area contributed by atoms with Gasteiger partial charge in [-0.15, -0.1) is 0 Å². The van der Waals surface area contributed by atoms with Crippen LogP contribution < -0.4 is 0 Å². The first-order valence-corrected chi connectivity index (χ1v) is 3.89. The zero-order chi connectivity index (χ0) is 9.56. The molecule has 0 aromatic rings. The molecule has 0 aliphatic rings. The molecule has 0 aliphatic heterocycles. The Bertz CT molecular complexity index is 164. The Kier molecular flexibility index (Phi) is 5.08. The van der Waals surface area contributed by atoms with E-state index in [1.54, 1.807) is 13.8 Å². The van der Waals surface area contributed by atoms with E-state index in [0.717, 1.165) is 0 Å². The van der Waals surface area contributed by atoms with Crippen LogP contribution in [-0.2, 0) is 19.1 Å². The molecule has 0 aromatic carbocycles. The lowest BCUT2D eigenvalue weighted by Crippen LogP contribution is -2.20. The van der Waals surface area contributed by atoms with Crippen molar-refractivity contribution < 1.29 is 19.1 Å². The highest BCUT2D eigenvalue weighted by Crippen LogP contribution is 1.94. The Hall–Kier alpha value is -1.06. The zero-order valence-corrected chi connectivity index (χ0v) is 7.62. The largest absolute Gasteiger partial charge is 0.462 e. The van der Waals surface area contributed by atoms with Gasteiger partial charge in [-0.25, -0.2) is 0 Å². The van der Waals surface area contributed by atoms with E-state index in [2.05, 4.69) is 0 Å². The van der Waals surface area contributed by atoms with Gasteiger partial charge in [0.2, 0.25) is 0 Å². The molecule has 0 amide bonds. The summed E-state index contributed by atoms with van der Waals surface area (Å²) in [6.45, 7) is 4.83. The second-order valence-corrected chi connectivity index (χ2v) is 2.46. The van der Waals surface area contributed by atoms with Crippen LogP contribution in [0.5, 0.6) is 0 Å². The van der Waals surface area contributed by atoms with Gasteiger partial charge in [-0.2, -0.15) is 0 Å². The third-order valence-corrected chi connectivity index (χ3v) is 1.13. The summed E-state index contributed by atoms with van der Waals surface area (Å²) in [5.41, 5.74) is 0. The summed E-state index contributed by atoms with van der Waals surface area (Å²) in [5.74, 6) is -0.649. The van der Waals surface area contributed by atoms with Crippen molar-refractivity contribution in [3.8, 4) is 0 Å². The molecule has 12 heavy (non-hydrogen) atoms. The van der Waals surface area contributed by atoms with Gasteiger partial charge in [0.05, 0.1) is 0 Å². The fourth-order valence-electron chi connectivity index (χ4n) is 0.630. The van der Waals surface area contributed by atoms with E-state index in [9.17, 15) is 9.59 Å². The smallest absolute Gasteiger partial charge is 0.305 e. The van der Waals surface area contributed by atoms with Crippen molar-refractivity contribution in [2.75, 3.05) is 6.61 Å². The van der Waals surface area contributed by atoms with Crippen LogP contribution in [0, 0.1) is 0 Å². The predicted molar refractivity (Wildman–Crippen MR) is 42.5 cm³/mol. The number of esters is 2. The molecule has 1 atom stereocenters. The molecule has 0 N–H and O–H groups in total. The van der Waals surface area contributed by atoms with Gasteiger partial charge < -0.3 is 9.47 Å². The van der Waals surface area contributed by atoms with Crippen molar-refractivity contribution in [1.82, 2.24) is 0 Å². The van der Waals surface area contributed by atoms with Crippen molar-refractivity contribution in [3.05, 3.63) is 0 Å². The Morgan fingerprint density at radius 1 is 1.42 bits per heavy atom. The highest BCUT2D eigenvalue weighted by Gasteiger charge is 2.07. The molecular formula is C8H14O4. The molecule has 0 saturated heterocycles. The second-order valence-electron chi connectivity index (χ2n) is 2.46. The fraction of sp³-hybridized carbons (Fsp3) is 0.750. The molecule has 4 nitrogen and oxygen atoms in total. The maximum Gasteiger partial charge on any atom is 0.305 e. The molecule has 1 unspecified atom stereocenters. The molecule has 0 spiro atoms. The van der Waals surface area contributed by atoms with Gasteiger partial charge >= 0.3 is 11.9 Å². The SMILES string of the molecule is CCC(=O)OCC(C)OC(C)=O. The predicted octanol–water partition coefficient (Wildman–Crippen LogP) is 0.891. The van der Waals surface area contributed by atoms with E-state index in [1.807, 2.05) is 0 Å². The van der Waals surface area contributed by atoms with Crippen LogP contribution in [-0.4, -0.2) is 24.6 Å². The summed E-state index contributed by atoms with van der Waals surface area (Å²) in [7, 11) is 0. The summed E-state index contributed by atoms with van der Waals surface area (Å²) in [4.78, 5) is 21.0. The molecule has 0 bridgehead atoms. The van der Waals surface area contributed by atoms with Crippen molar-refractivity contribution >= 4 is 11.9 Å². The number of ether oxygens (including phenoxy) is 2. The lowest BCUT2D eigenvalue weighted by molar-refractivity contribution is -0.156. The first-order chi connectivity index (χ1) is 5.56. The van der Waals surface area contributed by atoms with E-state index < -0.39 is 0 Å². The maximum absolute atomic E-state index is 10.6. The lowest BCUT2D eigenvalue weighted by atomic mass is 10.4. The summed E-state index contributed by atoms with van der Waals surface area (Å²) >= 11 is 0. The molecule has 70 valence electrons. The minimum Gasteiger partial charge on any atom is -0.462 e. The lowest BCUT2D eigenvalue weighted by Gasteiger charge is -2.11. The number of carbonyl (C=O) groups excluding carboxylic acids is 2. The normalized spacial score (nSPS) is 11.9. The van der Waals surface area contributed by atoms with Crippen LogP contribution in [0.1, 0.15) is 27.2 Å². The molecule has 0 radical (unpaired) electrons. The molecule has 4 heteroatoms. The van der Waals surface area contributed by atoms with Crippen LogP contribution in [0.15, 0.2) is 0 Å². The van der Waals surface area contributed by atoms with Gasteiger partial charge in [-0.05, 0) is 6.92 Å². The van der Waals surface area contributed by atoms with Crippen molar-refractivity contribution in [1.29, 1.82) is 0 Å². The first kappa shape index (κ1) is 10.9. The van der Waals surface area contributed by atoms with Crippen LogP contribution in [0.25, 0.3) is 0 Å². The van der Waals surface area contributed by atoms with E-state index >= 15 is 0 Å². The Morgan fingerprint density at radius 2 is 2.00 bits per heavy atom. The van der Waals surface area contributed by atoms with Crippen molar-refractivity contribution in [2.24, 2.45) is 0 Å². The third-order valence-electron chi connectivity index (χ3n) is 1.13. The minimum atomic E-state index is -0.366. The number of carbonyl (C=O) groups is 2. The third kappa shape index (κ3) is 5.70. The molecule has 0 rings (SSSR count). The molecule has 0 heterocycles. The van der Waals surface area contributed by atoms with E-state index in [0.29, 0.717) is 6.42 Å². The topological polar surface area (TPSA) is 52.6 Å². The number of rotatable bonds is 4. The standard InChI is InChI=1S/C8H14O4/c1-4-8(10)11-5-6(2)12-7(3)9/h6H,4-5H2,1-3H3. The summed E-state index contributed by atoms with van der Waals surface area (Å²) in [6.07, 6.45) is -0.0229. The monoisotopic (exact) mass is 174 g/mol. The fourth-order valence-corrected chi connectivity index (χ4v) is 0.630. The molecule has 0 aromatic heterocycles. The average molecular weight is 174 g/mol. The second kappa shape index (κ2) is 5.57. The zero-order valence-electron chi connectivity index (χ0n) is 7.62. The van der Waals surface area contributed by atoms with Crippen LogP contribution in [0.3, 0.4) is 0 Å². The Labute approximate surface area is 71.8 Å². The Morgan fingerprint density at radius 3 is 2.42 bits per heavy atom. The first-order valence-electron chi connectivity index (χ1n) is 3.89. The quantitative estimate of drug-likeness (QED) is 0.594. The number of hydrogen-bond acceptors (Lipinski definition) is 4. The molecule has 0 fully saturated rings.